The summed E-state index contributed by atoms with van der Waals surface area (Å²) in [5.41, 5.74) is 5.04. The fraction of sp³-hybridized carbons (Fsp3) is 0.423. The lowest BCUT2D eigenvalue weighted by Crippen LogP contribution is -2.29. The van der Waals surface area contributed by atoms with E-state index >= 15 is 0 Å². The molecule has 0 bridgehead atoms. The Morgan fingerprint density at radius 1 is 0.931 bits per heavy atom. The Bertz CT molecular complexity index is 832. The second kappa shape index (κ2) is 8.96. The average molecular weight is 390 g/mol. The molecule has 1 aliphatic heterocycles. The molecule has 2 aromatic carbocycles. The molecule has 0 unspecified atom stereocenters. The van der Waals surface area contributed by atoms with E-state index in [9.17, 15) is 4.79 Å². The molecule has 29 heavy (non-hydrogen) atoms. The minimum atomic E-state index is 0.270. The summed E-state index contributed by atoms with van der Waals surface area (Å²) in [5.74, 6) is 0.338. The van der Waals surface area contributed by atoms with E-state index in [1.54, 1.807) is 6.08 Å². The molecule has 1 saturated heterocycles. The van der Waals surface area contributed by atoms with Crippen LogP contribution in [0.2, 0.25) is 0 Å². The molecule has 1 spiro atoms. The molecule has 152 valence electrons. The number of amides is 1. The van der Waals surface area contributed by atoms with E-state index < -0.39 is 0 Å². The second-order valence-electron chi connectivity index (χ2n) is 8.68. The summed E-state index contributed by atoms with van der Waals surface area (Å²) < 4.78 is 5.49. The van der Waals surface area contributed by atoms with Crippen LogP contribution in [-0.2, 0) is 22.7 Å². The molecule has 1 aliphatic carbocycles. The van der Waals surface area contributed by atoms with E-state index in [-0.39, 0.29) is 5.41 Å². The van der Waals surface area contributed by atoms with Crippen LogP contribution in [0.1, 0.15) is 49.7 Å². The fourth-order valence-electron chi connectivity index (χ4n) is 4.84. The third kappa shape index (κ3) is 4.79. The van der Waals surface area contributed by atoms with Crippen LogP contribution in [-0.4, -0.2) is 24.0 Å². The Labute approximate surface area is 174 Å². The standard InChI is InChI=1S/C26H31NO2/c1-2-16-29-19-22-8-12-24(13-9-22)23-10-6-21(7-11-23)18-27-20-26(17-25(27)28)14-4-3-5-15-26/h2,6-13H,1,3-5,14-20H2. The Hall–Kier alpha value is -2.39. The highest BCUT2D eigenvalue weighted by Crippen LogP contribution is 2.44. The van der Waals surface area contributed by atoms with Crippen molar-refractivity contribution in [1.82, 2.24) is 4.90 Å². The summed E-state index contributed by atoms with van der Waals surface area (Å²) in [6, 6.07) is 17.1. The molecule has 0 radical (unpaired) electrons. The van der Waals surface area contributed by atoms with Crippen molar-refractivity contribution < 1.29 is 9.53 Å². The summed E-state index contributed by atoms with van der Waals surface area (Å²) in [4.78, 5) is 14.7. The van der Waals surface area contributed by atoms with Crippen LogP contribution in [0.5, 0.6) is 0 Å². The molecular formula is C26H31NO2. The first-order valence-corrected chi connectivity index (χ1v) is 10.8. The molecular weight excluding hydrogens is 358 g/mol. The highest BCUT2D eigenvalue weighted by molar-refractivity contribution is 5.79. The van der Waals surface area contributed by atoms with Crippen LogP contribution in [0, 0.1) is 5.41 Å². The number of hydrogen-bond acceptors (Lipinski definition) is 2. The molecule has 4 rings (SSSR count). The number of likely N-dealkylation sites (tertiary alicyclic amines) is 1. The molecule has 1 heterocycles. The number of benzene rings is 2. The number of rotatable bonds is 7. The Balaban J connectivity index is 1.37. The first-order chi connectivity index (χ1) is 14.2. The van der Waals surface area contributed by atoms with E-state index in [4.69, 9.17) is 4.74 Å². The lowest BCUT2D eigenvalue weighted by Gasteiger charge is -2.32. The molecule has 0 atom stereocenters. The average Bonchev–Trinajstić information content (AvgIpc) is 3.04. The predicted molar refractivity (Wildman–Crippen MR) is 117 cm³/mol. The van der Waals surface area contributed by atoms with E-state index in [2.05, 4.69) is 60.0 Å². The first-order valence-electron chi connectivity index (χ1n) is 10.8. The number of ether oxygens (including phenoxy) is 1. The second-order valence-corrected chi connectivity index (χ2v) is 8.68. The minimum Gasteiger partial charge on any atom is -0.373 e. The van der Waals surface area contributed by atoms with E-state index in [1.165, 1.54) is 48.8 Å². The largest absolute Gasteiger partial charge is 0.373 e. The van der Waals surface area contributed by atoms with Gasteiger partial charge in [-0.15, -0.1) is 6.58 Å². The fourth-order valence-corrected chi connectivity index (χ4v) is 4.84. The molecule has 0 aromatic heterocycles. The smallest absolute Gasteiger partial charge is 0.223 e. The van der Waals surface area contributed by atoms with Crippen molar-refractivity contribution in [2.75, 3.05) is 13.2 Å². The molecule has 3 heteroatoms. The minimum absolute atomic E-state index is 0.270. The van der Waals surface area contributed by atoms with Crippen LogP contribution in [0.4, 0.5) is 0 Å². The third-order valence-electron chi connectivity index (χ3n) is 6.44. The quantitative estimate of drug-likeness (QED) is 0.446. The zero-order valence-corrected chi connectivity index (χ0v) is 17.2. The van der Waals surface area contributed by atoms with E-state index in [0.29, 0.717) is 19.1 Å². The van der Waals surface area contributed by atoms with Gasteiger partial charge in [0.1, 0.15) is 0 Å². The molecule has 1 amide bonds. The van der Waals surface area contributed by atoms with Crippen LogP contribution in [0.25, 0.3) is 11.1 Å². The van der Waals surface area contributed by atoms with Gasteiger partial charge in [0.2, 0.25) is 5.91 Å². The summed E-state index contributed by atoms with van der Waals surface area (Å²) >= 11 is 0. The zero-order chi connectivity index (χ0) is 20.1. The number of hydrogen-bond donors (Lipinski definition) is 0. The SMILES string of the molecule is C=CCOCc1ccc(-c2ccc(CN3CC4(CCCCC4)CC3=O)cc2)cc1. The maximum absolute atomic E-state index is 12.6. The molecule has 1 saturated carbocycles. The predicted octanol–water partition coefficient (Wildman–Crippen LogP) is 5.74. The lowest BCUT2D eigenvalue weighted by atomic mass is 9.73. The van der Waals surface area contributed by atoms with Gasteiger partial charge in [0.15, 0.2) is 0 Å². The molecule has 2 aliphatic rings. The number of nitrogens with zero attached hydrogens (tertiary/aromatic N) is 1. The van der Waals surface area contributed by atoms with Crippen LogP contribution < -0.4 is 0 Å². The Morgan fingerprint density at radius 2 is 1.55 bits per heavy atom. The van der Waals surface area contributed by atoms with Crippen molar-refractivity contribution in [2.24, 2.45) is 5.41 Å². The van der Waals surface area contributed by atoms with Gasteiger partial charge in [-0.05, 0) is 40.5 Å². The van der Waals surface area contributed by atoms with Gasteiger partial charge in [-0.2, -0.15) is 0 Å². The van der Waals surface area contributed by atoms with Crippen molar-refractivity contribution in [2.45, 2.75) is 51.7 Å². The van der Waals surface area contributed by atoms with Crippen molar-refractivity contribution >= 4 is 5.91 Å². The van der Waals surface area contributed by atoms with Gasteiger partial charge >= 0.3 is 0 Å². The summed E-state index contributed by atoms with van der Waals surface area (Å²) in [6.07, 6.45) is 8.88. The number of carbonyl (C=O) groups excluding carboxylic acids is 1. The van der Waals surface area contributed by atoms with Gasteiger partial charge in [-0.25, -0.2) is 0 Å². The molecule has 3 nitrogen and oxygen atoms in total. The van der Waals surface area contributed by atoms with Crippen molar-refractivity contribution in [3.8, 4) is 11.1 Å². The summed E-state index contributed by atoms with van der Waals surface area (Å²) in [7, 11) is 0. The van der Waals surface area contributed by atoms with Gasteiger partial charge < -0.3 is 9.64 Å². The first kappa shape index (κ1) is 19.9. The van der Waals surface area contributed by atoms with Gasteiger partial charge in [0.05, 0.1) is 13.2 Å². The monoisotopic (exact) mass is 389 g/mol. The van der Waals surface area contributed by atoms with Crippen LogP contribution >= 0.6 is 0 Å². The van der Waals surface area contributed by atoms with Crippen LogP contribution in [0.3, 0.4) is 0 Å². The summed E-state index contributed by atoms with van der Waals surface area (Å²) in [5, 5.41) is 0. The van der Waals surface area contributed by atoms with Gasteiger partial charge in [0.25, 0.3) is 0 Å². The maximum atomic E-state index is 12.6. The van der Waals surface area contributed by atoms with Crippen molar-refractivity contribution in [3.63, 3.8) is 0 Å². The van der Waals surface area contributed by atoms with Crippen molar-refractivity contribution in [1.29, 1.82) is 0 Å². The molecule has 0 N–H and O–H groups in total. The normalized spacial score (nSPS) is 18.3. The highest BCUT2D eigenvalue weighted by atomic mass is 16.5. The topological polar surface area (TPSA) is 29.5 Å². The van der Waals surface area contributed by atoms with E-state index in [0.717, 1.165) is 25.1 Å². The summed E-state index contributed by atoms with van der Waals surface area (Å²) in [6.45, 7) is 6.53. The van der Waals surface area contributed by atoms with E-state index in [1.807, 2.05) is 0 Å². The maximum Gasteiger partial charge on any atom is 0.223 e. The zero-order valence-electron chi connectivity index (χ0n) is 17.2. The van der Waals surface area contributed by atoms with Crippen molar-refractivity contribution in [3.05, 3.63) is 72.3 Å². The number of carbonyl (C=O) groups is 1. The highest BCUT2D eigenvalue weighted by Gasteiger charge is 2.43. The van der Waals surface area contributed by atoms with Gasteiger partial charge in [-0.1, -0.05) is 73.9 Å². The van der Waals surface area contributed by atoms with Gasteiger partial charge in [0, 0.05) is 19.5 Å². The Kier molecular flexibility index (Phi) is 6.15. The Morgan fingerprint density at radius 3 is 2.17 bits per heavy atom. The third-order valence-corrected chi connectivity index (χ3v) is 6.44. The molecule has 2 fully saturated rings. The van der Waals surface area contributed by atoms with Crippen LogP contribution in [0.15, 0.2) is 61.2 Å². The molecule has 2 aromatic rings. The lowest BCUT2D eigenvalue weighted by molar-refractivity contribution is -0.128. The van der Waals surface area contributed by atoms with Gasteiger partial charge in [-0.3, -0.25) is 4.79 Å².